The first-order valence-electron chi connectivity index (χ1n) is 8.12. The predicted molar refractivity (Wildman–Crippen MR) is 97.3 cm³/mol. The van der Waals surface area contributed by atoms with E-state index >= 15 is 0 Å². The van der Waals surface area contributed by atoms with Gasteiger partial charge in [0.05, 0.1) is 11.4 Å². The van der Waals surface area contributed by atoms with Crippen molar-refractivity contribution in [2.45, 2.75) is 19.2 Å². The molecular weight excluding hydrogens is 395 g/mol. The Morgan fingerprint density at radius 3 is 2.43 bits per heavy atom. The van der Waals surface area contributed by atoms with Crippen molar-refractivity contribution in [2.24, 2.45) is 5.73 Å². The van der Waals surface area contributed by atoms with Crippen LogP contribution in [0.1, 0.15) is 28.6 Å². The van der Waals surface area contributed by atoms with E-state index in [0.29, 0.717) is 10.6 Å². The van der Waals surface area contributed by atoms with E-state index in [1.54, 1.807) is 48.5 Å². The van der Waals surface area contributed by atoms with Gasteiger partial charge < -0.3 is 10.5 Å². The predicted octanol–water partition coefficient (Wildman–Crippen LogP) is 5.04. The number of nitrogens with zero attached hydrogens (tertiary/aromatic N) is 2. The van der Waals surface area contributed by atoms with E-state index in [0.717, 1.165) is 4.68 Å². The molecule has 0 aliphatic rings. The molecule has 3 rings (SSSR count). The molecule has 1 atom stereocenters. The van der Waals surface area contributed by atoms with Gasteiger partial charge in [0.15, 0.2) is 11.8 Å². The zero-order valence-electron chi connectivity index (χ0n) is 14.6. The number of hydrogen-bond acceptors (Lipinski definition) is 3. The minimum atomic E-state index is -4.70. The molecule has 2 aromatic carbocycles. The Balaban J connectivity index is 2.30. The summed E-state index contributed by atoms with van der Waals surface area (Å²) in [5.74, 6) is 0. The van der Waals surface area contributed by atoms with Crippen molar-refractivity contribution in [3.05, 3.63) is 82.1 Å². The van der Waals surface area contributed by atoms with Crippen molar-refractivity contribution >= 4 is 17.7 Å². The largest absolute Gasteiger partial charge is 0.435 e. The lowest BCUT2D eigenvalue weighted by Crippen LogP contribution is -2.21. The van der Waals surface area contributed by atoms with Gasteiger partial charge in [0, 0.05) is 10.6 Å². The van der Waals surface area contributed by atoms with Gasteiger partial charge >= 0.3 is 12.3 Å². The fourth-order valence-corrected chi connectivity index (χ4v) is 3.10. The van der Waals surface area contributed by atoms with E-state index in [4.69, 9.17) is 22.1 Å². The molecule has 0 fully saturated rings. The number of halogens is 4. The van der Waals surface area contributed by atoms with E-state index in [9.17, 15) is 18.0 Å². The average Bonchev–Trinajstić information content (AvgIpc) is 2.98. The van der Waals surface area contributed by atoms with E-state index < -0.39 is 24.1 Å². The highest BCUT2D eigenvalue weighted by Crippen LogP contribution is 2.38. The van der Waals surface area contributed by atoms with Gasteiger partial charge in [-0.1, -0.05) is 48.0 Å². The molecule has 0 spiro atoms. The first-order valence-corrected chi connectivity index (χ1v) is 8.50. The van der Waals surface area contributed by atoms with Gasteiger partial charge in [0.25, 0.3) is 0 Å². The number of alkyl halides is 3. The summed E-state index contributed by atoms with van der Waals surface area (Å²) in [6, 6.07) is 14.5. The molecule has 0 aliphatic carbocycles. The molecule has 3 aromatic rings. The number of aromatic nitrogens is 2. The zero-order chi connectivity index (χ0) is 20.5. The number of nitrogens with two attached hydrogens (primary N) is 1. The Kier molecular flexibility index (Phi) is 5.33. The van der Waals surface area contributed by atoms with Gasteiger partial charge in [-0.2, -0.15) is 18.3 Å². The molecule has 1 aromatic heterocycles. The molecule has 1 heterocycles. The third-order valence-corrected chi connectivity index (χ3v) is 4.31. The fourth-order valence-electron chi connectivity index (χ4n) is 2.92. The van der Waals surface area contributed by atoms with Crippen LogP contribution in [-0.4, -0.2) is 15.9 Å². The maximum absolute atomic E-state index is 13.5. The van der Waals surface area contributed by atoms with Gasteiger partial charge in [-0.05, 0) is 30.7 Å². The molecule has 5 nitrogen and oxygen atoms in total. The van der Waals surface area contributed by atoms with Crippen LogP contribution in [0.3, 0.4) is 0 Å². The maximum atomic E-state index is 13.5. The lowest BCUT2D eigenvalue weighted by atomic mass is 10.0. The van der Waals surface area contributed by atoms with Crippen molar-refractivity contribution in [3.63, 3.8) is 0 Å². The zero-order valence-corrected chi connectivity index (χ0v) is 15.3. The normalized spacial score (nSPS) is 12.6. The summed E-state index contributed by atoms with van der Waals surface area (Å²) in [6.45, 7) is 1.27. The van der Waals surface area contributed by atoms with Crippen LogP contribution in [0, 0.1) is 6.92 Å². The minimum absolute atomic E-state index is 0.0274. The van der Waals surface area contributed by atoms with Crippen LogP contribution in [0.5, 0.6) is 0 Å². The Morgan fingerprint density at radius 1 is 1.18 bits per heavy atom. The van der Waals surface area contributed by atoms with Crippen molar-refractivity contribution in [3.8, 4) is 5.69 Å². The lowest BCUT2D eigenvalue weighted by molar-refractivity contribution is -0.141. The van der Waals surface area contributed by atoms with Gasteiger partial charge in [0.1, 0.15) is 0 Å². The second-order valence-electron chi connectivity index (χ2n) is 5.98. The molecule has 0 saturated heterocycles. The van der Waals surface area contributed by atoms with Crippen LogP contribution in [0.15, 0.2) is 54.6 Å². The number of carbonyl (C=O) groups is 1. The number of benzene rings is 2. The lowest BCUT2D eigenvalue weighted by Gasteiger charge is -2.20. The number of ether oxygens (including phenoxy) is 1. The van der Waals surface area contributed by atoms with Crippen LogP contribution in [0.25, 0.3) is 5.69 Å². The van der Waals surface area contributed by atoms with E-state index in [-0.39, 0.29) is 16.9 Å². The Morgan fingerprint density at radius 2 is 1.86 bits per heavy atom. The first kappa shape index (κ1) is 19.8. The van der Waals surface area contributed by atoms with Gasteiger partial charge in [0.2, 0.25) is 0 Å². The number of rotatable bonds is 4. The Hall–Kier alpha value is -3.00. The Labute approximate surface area is 163 Å². The van der Waals surface area contributed by atoms with E-state index in [2.05, 4.69) is 5.10 Å². The van der Waals surface area contributed by atoms with Gasteiger partial charge in [-0.15, -0.1) is 0 Å². The van der Waals surface area contributed by atoms with Crippen molar-refractivity contribution in [1.82, 2.24) is 9.78 Å². The van der Waals surface area contributed by atoms with Crippen molar-refractivity contribution in [2.75, 3.05) is 0 Å². The highest BCUT2D eigenvalue weighted by atomic mass is 35.5. The number of carbonyl (C=O) groups excluding carboxylic acids is 1. The molecular formula is C19H15ClF3N3O2. The Bertz CT molecular complexity index is 1000. The second-order valence-corrected chi connectivity index (χ2v) is 6.41. The molecule has 0 saturated carbocycles. The quantitative estimate of drug-likeness (QED) is 0.656. The van der Waals surface area contributed by atoms with E-state index in [1.165, 1.54) is 13.0 Å². The maximum Gasteiger partial charge on any atom is 0.435 e. The van der Waals surface area contributed by atoms with Crippen LogP contribution in [0.4, 0.5) is 18.0 Å². The van der Waals surface area contributed by atoms with Gasteiger partial charge in [-0.3, -0.25) is 0 Å². The average molecular weight is 410 g/mol. The summed E-state index contributed by atoms with van der Waals surface area (Å²) >= 11 is 6.00. The second kappa shape index (κ2) is 7.55. The van der Waals surface area contributed by atoms with Crippen LogP contribution < -0.4 is 5.73 Å². The van der Waals surface area contributed by atoms with Crippen molar-refractivity contribution in [1.29, 1.82) is 0 Å². The highest BCUT2D eigenvalue weighted by Gasteiger charge is 2.40. The summed E-state index contributed by atoms with van der Waals surface area (Å²) in [7, 11) is 0. The fraction of sp³-hybridized carbons (Fsp3) is 0.158. The summed E-state index contributed by atoms with van der Waals surface area (Å²) in [6.07, 6.45) is -7.02. The molecule has 0 aliphatic heterocycles. The summed E-state index contributed by atoms with van der Waals surface area (Å²) in [5.41, 5.74) is 4.68. The molecule has 146 valence electrons. The smallest absolute Gasteiger partial charge is 0.435 e. The molecule has 0 bridgehead atoms. The molecule has 28 heavy (non-hydrogen) atoms. The molecule has 1 unspecified atom stereocenters. The highest BCUT2D eigenvalue weighted by molar-refractivity contribution is 6.30. The topological polar surface area (TPSA) is 70.1 Å². The molecule has 9 heteroatoms. The first-order chi connectivity index (χ1) is 13.2. The summed E-state index contributed by atoms with van der Waals surface area (Å²) < 4.78 is 46.9. The van der Waals surface area contributed by atoms with Crippen LogP contribution in [0.2, 0.25) is 5.02 Å². The van der Waals surface area contributed by atoms with Crippen LogP contribution in [-0.2, 0) is 10.9 Å². The standard InChI is InChI=1S/C19H15ClF3N3O2/c1-11-15(16(28-18(24)27)12-6-3-2-4-7-12)26(25-17(11)19(21,22)23)14-9-5-8-13(20)10-14/h2-10,16H,1H3,(H2,24,27). The minimum Gasteiger partial charge on any atom is -0.435 e. The summed E-state index contributed by atoms with van der Waals surface area (Å²) in [5, 5.41) is 4.06. The third kappa shape index (κ3) is 3.96. The summed E-state index contributed by atoms with van der Waals surface area (Å²) in [4.78, 5) is 11.5. The van der Waals surface area contributed by atoms with Gasteiger partial charge in [-0.25, -0.2) is 9.48 Å². The number of amides is 1. The third-order valence-electron chi connectivity index (χ3n) is 4.07. The monoisotopic (exact) mass is 409 g/mol. The van der Waals surface area contributed by atoms with E-state index in [1.807, 2.05) is 0 Å². The molecule has 0 radical (unpaired) electrons. The molecule has 1 amide bonds. The van der Waals surface area contributed by atoms with Crippen molar-refractivity contribution < 1.29 is 22.7 Å². The number of hydrogen-bond donors (Lipinski definition) is 1. The molecule has 2 N–H and O–H groups in total. The SMILES string of the molecule is Cc1c(C(F)(F)F)nn(-c2cccc(Cl)c2)c1C(OC(N)=O)c1ccccc1. The number of primary amides is 1. The van der Waals surface area contributed by atoms with Crippen LogP contribution >= 0.6 is 11.6 Å².